The fraction of sp³-hybridized carbons (Fsp3) is 0.600. The zero-order valence-electron chi connectivity index (χ0n) is 11.3. The molecule has 0 bridgehead atoms. The van der Waals surface area contributed by atoms with Crippen molar-refractivity contribution in [2.75, 3.05) is 6.61 Å². The summed E-state index contributed by atoms with van der Waals surface area (Å²) in [5, 5.41) is 9.97. The molecule has 0 heterocycles. The van der Waals surface area contributed by atoms with E-state index in [0.717, 1.165) is 12.0 Å². The summed E-state index contributed by atoms with van der Waals surface area (Å²) in [6.45, 7) is 8.82. The highest BCUT2D eigenvalue weighted by molar-refractivity contribution is 5.23. The van der Waals surface area contributed by atoms with E-state index in [0.29, 0.717) is 12.5 Å². The van der Waals surface area contributed by atoms with E-state index >= 15 is 0 Å². The third-order valence-electron chi connectivity index (χ3n) is 2.80. The Kier molecular flexibility index (Phi) is 5.66. The molecule has 96 valence electrons. The van der Waals surface area contributed by atoms with Gasteiger partial charge in [0.15, 0.2) is 0 Å². The molecule has 2 heteroatoms. The van der Waals surface area contributed by atoms with E-state index in [4.69, 9.17) is 4.74 Å². The van der Waals surface area contributed by atoms with Crippen molar-refractivity contribution in [2.45, 2.75) is 46.3 Å². The molecule has 0 amide bonds. The van der Waals surface area contributed by atoms with Gasteiger partial charge in [0.05, 0.1) is 12.7 Å². The maximum atomic E-state index is 9.97. The van der Waals surface area contributed by atoms with Gasteiger partial charge < -0.3 is 9.84 Å². The highest BCUT2D eigenvalue weighted by atomic mass is 16.5. The Bertz CT molecular complexity index is 316. The number of rotatable bonds is 6. The van der Waals surface area contributed by atoms with Crippen LogP contribution in [0.5, 0.6) is 0 Å². The average Bonchev–Trinajstić information content (AvgIpc) is 2.26. The van der Waals surface area contributed by atoms with Gasteiger partial charge in [-0.15, -0.1) is 0 Å². The van der Waals surface area contributed by atoms with Gasteiger partial charge in [-0.3, -0.25) is 0 Å². The van der Waals surface area contributed by atoms with Crippen LogP contribution in [0.4, 0.5) is 0 Å². The summed E-state index contributed by atoms with van der Waals surface area (Å²) in [6, 6.07) is 7.93. The molecule has 1 aromatic carbocycles. The molecule has 1 N–H and O–H groups in total. The molecule has 0 saturated heterocycles. The molecular formula is C15H24O2. The number of aryl methyl sites for hydroxylation is 1. The minimum atomic E-state index is -0.523. The largest absolute Gasteiger partial charge is 0.386 e. The normalized spacial score (nSPS) is 14.9. The Morgan fingerprint density at radius 1 is 1.12 bits per heavy atom. The van der Waals surface area contributed by atoms with Gasteiger partial charge in [-0.2, -0.15) is 0 Å². The molecular weight excluding hydrogens is 212 g/mol. The molecule has 0 fully saturated rings. The maximum Gasteiger partial charge on any atom is 0.102 e. The van der Waals surface area contributed by atoms with Crippen molar-refractivity contribution in [3.63, 3.8) is 0 Å². The van der Waals surface area contributed by atoms with Crippen LogP contribution in [0.15, 0.2) is 24.3 Å². The van der Waals surface area contributed by atoms with Gasteiger partial charge in [0.1, 0.15) is 6.10 Å². The quantitative estimate of drug-likeness (QED) is 0.819. The van der Waals surface area contributed by atoms with E-state index < -0.39 is 6.10 Å². The minimum absolute atomic E-state index is 0.204. The number of aliphatic hydroxyl groups is 1. The number of aliphatic hydroxyl groups excluding tert-OH is 1. The van der Waals surface area contributed by atoms with Crippen LogP contribution < -0.4 is 0 Å². The third-order valence-corrected chi connectivity index (χ3v) is 2.80. The lowest BCUT2D eigenvalue weighted by Gasteiger charge is -2.18. The van der Waals surface area contributed by atoms with Crippen molar-refractivity contribution < 1.29 is 9.84 Å². The highest BCUT2D eigenvalue weighted by Crippen LogP contribution is 2.16. The van der Waals surface area contributed by atoms with Crippen LogP contribution in [0.25, 0.3) is 0 Å². The number of benzene rings is 1. The summed E-state index contributed by atoms with van der Waals surface area (Å²) in [5.74, 6) is 0.626. The van der Waals surface area contributed by atoms with Gasteiger partial charge in [-0.25, -0.2) is 0 Å². The van der Waals surface area contributed by atoms with Gasteiger partial charge in [0.25, 0.3) is 0 Å². The molecule has 0 saturated carbocycles. The lowest BCUT2D eigenvalue weighted by Crippen LogP contribution is -2.16. The summed E-state index contributed by atoms with van der Waals surface area (Å²) < 4.78 is 5.65. The van der Waals surface area contributed by atoms with E-state index in [1.54, 1.807) is 0 Å². The van der Waals surface area contributed by atoms with Crippen LogP contribution in [-0.4, -0.2) is 17.8 Å². The van der Waals surface area contributed by atoms with Crippen molar-refractivity contribution in [3.8, 4) is 0 Å². The standard InChI is InChI=1S/C15H24O2/c1-11(2)9-13(4)17-10-15(16)14-7-5-12(3)6-8-14/h5-8,11,13,15-16H,9-10H2,1-4H3. The first kappa shape index (κ1) is 14.2. The summed E-state index contributed by atoms with van der Waals surface area (Å²) in [6.07, 6.45) is 0.709. The Balaban J connectivity index is 2.39. The number of ether oxygens (including phenoxy) is 1. The molecule has 2 nitrogen and oxygen atoms in total. The zero-order valence-corrected chi connectivity index (χ0v) is 11.3. The molecule has 1 rings (SSSR count). The van der Waals surface area contributed by atoms with E-state index in [2.05, 4.69) is 20.8 Å². The molecule has 0 aliphatic rings. The number of hydrogen-bond donors (Lipinski definition) is 1. The predicted molar refractivity (Wildman–Crippen MR) is 71.0 cm³/mol. The Labute approximate surface area is 105 Å². The first-order valence-electron chi connectivity index (χ1n) is 6.35. The third kappa shape index (κ3) is 5.33. The molecule has 1 aromatic rings. The van der Waals surface area contributed by atoms with Gasteiger partial charge in [0.2, 0.25) is 0 Å². The van der Waals surface area contributed by atoms with E-state index in [1.807, 2.05) is 31.2 Å². The van der Waals surface area contributed by atoms with Crippen LogP contribution in [-0.2, 0) is 4.74 Å². The summed E-state index contributed by atoms with van der Waals surface area (Å²) in [7, 11) is 0. The predicted octanol–water partition coefficient (Wildman–Crippen LogP) is 3.48. The molecule has 0 aliphatic heterocycles. The second-order valence-corrected chi connectivity index (χ2v) is 5.20. The van der Waals surface area contributed by atoms with Crippen LogP contribution in [0.3, 0.4) is 0 Å². The first-order valence-corrected chi connectivity index (χ1v) is 6.35. The van der Waals surface area contributed by atoms with Crippen molar-refractivity contribution in [3.05, 3.63) is 35.4 Å². The maximum absolute atomic E-state index is 9.97. The van der Waals surface area contributed by atoms with Gasteiger partial charge >= 0.3 is 0 Å². The second kappa shape index (κ2) is 6.77. The fourth-order valence-corrected chi connectivity index (χ4v) is 1.87. The van der Waals surface area contributed by atoms with Crippen molar-refractivity contribution in [2.24, 2.45) is 5.92 Å². The first-order chi connectivity index (χ1) is 7.99. The molecule has 17 heavy (non-hydrogen) atoms. The Morgan fingerprint density at radius 3 is 2.24 bits per heavy atom. The summed E-state index contributed by atoms with van der Waals surface area (Å²) >= 11 is 0. The monoisotopic (exact) mass is 236 g/mol. The lowest BCUT2D eigenvalue weighted by molar-refractivity contribution is -0.0101. The van der Waals surface area contributed by atoms with E-state index in [9.17, 15) is 5.11 Å². The minimum Gasteiger partial charge on any atom is -0.386 e. The molecule has 2 atom stereocenters. The average molecular weight is 236 g/mol. The molecule has 0 radical (unpaired) electrons. The molecule has 0 aromatic heterocycles. The Hall–Kier alpha value is -0.860. The van der Waals surface area contributed by atoms with Crippen LogP contribution >= 0.6 is 0 Å². The number of hydrogen-bond acceptors (Lipinski definition) is 2. The van der Waals surface area contributed by atoms with Crippen LogP contribution in [0.2, 0.25) is 0 Å². The molecule has 0 spiro atoms. The van der Waals surface area contributed by atoms with E-state index in [1.165, 1.54) is 5.56 Å². The summed E-state index contributed by atoms with van der Waals surface area (Å²) in [4.78, 5) is 0. The molecule has 0 aliphatic carbocycles. The SMILES string of the molecule is Cc1ccc(C(O)COC(C)CC(C)C)cc1. The fourth-order valence-electron chi connectivity index (χ4n) is 1.87. The second-order valence-electron chi connectivity index (χ2n) is 5.20. The van der Waals surface area contributed by atoms with E-state index in [-0.39, 0.29) is 6.10 Å². The Morgan fingerprint density at radius 2 is 1.71 bits per heavy atom. The van der Waals surface area contributed by atoms with Gasteiger partial charge in [0, 0.05) is 0 Å². The lowest BCUT2D eigenvalue weighted by atomic mass is 10.1. The van der Waals surface area contributed by atoms with Crippen LogP contribution in [0.1, 0.15) is 44.4 Å². The van der Waals surface area contributed by atoms with Crippen molar-refractivity contribution in [1.82, 2.24) is 0 Å². The molecule has 2 unspecified atom stereocenters. The van der Waals surface area contributed by atoms with Crippen molar-refractivity contribution >= 4 is 0 Å². The zero-order chi connectivity index (χ0) is 12.8. The highest BCUT2D eigenvalue weighted by Gasteiger charge is 2.11. The van der Waals surface area contributed by atoms with Gasteiger partial charge in [-0.1, -0.05) is 43.7 Å². The summed E-state index contributed by atoms with van der Waals surface area (Å²) in [5.41, 5.74) is 2.13. The van der Waals surface area contributed by atoms with Crippen LogP contribution in [0, 0.1) is 12.8 Å². The smallest absolute Gasteiger partial charge is 0.102 e. The van der Waals surface area contributed by atoms with Gasteiger partial charge in [-0.05, 0) is 31.7 Å². The topological polar surface area (TPSA) is 29.5 Å². The van der Waals surface area contributed by atoms with Crippen molar-refractivity contribution in [1.29, 1.82) is 0 Å².